The van der Waals surface area contributed by atoms with Crippen LogP contribution in [0, 0.1) is 0 Å². The molecule has 0 saturated carbocycles. The molecule has 0 saturated heterocycles. The molecule has 0 radical (unpaired) electrons. The molecule has 19 heavy (non-hydrogen) atoms. The highest BCUT2D eigenvalue weighted by molar-refractivity contribution is 9.09. The Bertz CT molecular complexity index is 429. The van der Waals surface area contributed by atoms with Crippen LogP contribution in [-0.4, -0.2) is 25.3 Å². The Labute approximate surface area is 120 Å². The van der Waals surface area contributed by atoms with Gasteiger partial charge in [-0.05, 0) is 31.5 Å². The number of ether oxygens (including phenoxy) is 3. The zero-order chi connectivity index (χ0) is 14.3. The molecular weight excluding hydrogens is 316 g/mol. The monoisotopic (exact) mass is 330 g/mol. The van der Waals surface area contributed by atoms with Gasteiger partial charge in [0.25, 0.3) is 0 Å². The lowest BCUT2D eigenvalue weighted by molar-refractivity contribution is -0.142. The summed E-state index contributed by atoms with van der Waals surface area (Å²) >= 11 is 3.25. The molecule has 0 spiro atoms. The van der Waals surface area contributed by atoms with Gasteiger partial charge in [0, 0.05) is 0 Å². The van der Waals surface area contributed by atoms with Crippen molar-refractivity contribution in [3.8, 4) is 5.75 Å². The molecule has 1 aromatic carbocycles. The molecular formula is C13H15BrO5. The van der Waals surface area contributed by atoms with Crippen LogP contribution >= 0.6 is 15.9 Å². The van der Waals surface area contributed by atoms with E-state index in [1.165, 1.54) is 0 Å². The van der Waals surface area contributed by atoms with Crippen LogP contribution in [0.4, 0.5) is 4.79 Å². The van der Waals surface area contributed by atoms with Crippen LogP contribution in [0.15, 0.2) is 24.3 Å². The zero-order valence-electron chi connectivity index (χ0n) is 10.7. The van der Waals surface area contributed by atoms with Crippen molar-refractivity contribution in [3.05, 3.63) is 29.8 Å². The van der Waals surface area contributed by atoms with E-state index >= 15 is 0 Å². The Morgan fingerprint density at radius 3 is 2.21 bits per heavy atom. The van der Waals surface area contributed by atoms with E-state index < -0.39 is 11.0 Å². The standard InChI is InChI=1S/C13H15BrO5/c1-3-17-12(15)11(14)9-5-7-10(8-6-9)19-13(16)18-4-2/h5-8,11H,3-4H2,1-2H3. The van der Waals surface area contributed by atoms with Crippen LogP contribution in [0.25, 0.3) is 0 Å². The van der Waals surface area contributed by atoms with Crippen molar-refractivity contribution < 1.29 is 23.8 Å². The molecule has 104 valence electrons. The summed E-state index contributed by atoms with van der Waals surface area (Å²) in [6, 6.07) is 6.51. The van der Waals surface area contributed by atoms with Crippen LogP contribution in [0.2, 0.25) is 0 Å². The summed E-state index contributed by atoms with van der Waals surface area (Å²) in [7, 11) is 0. The van der Waals surface area contributed by atoms with E-state index in [0.29, 0.717) is 12.4 Å². The Morgan fingerprint density at radius 1 is 1.11 bits per heavy atom. The van der Waals surface area contributed by atoms with Crippen molar-refractivity contribution in [2.24, 2.45) is 0 Å². The van der Waals surface area contributed by atoms with Gasteiger partial charge in [0.15, 0.2) is 0 Å². The van der Waals surface area contributed by atoms with Crippen LogP contribution < -0.4 is 4.74 Å². The van der Waals surface area contributed by atoms with E-state index in [9.17, 15) is 9.59 Å². The molecule has 6 heteroatoms. The highest BCUT2D eigenvalue weighted by Crippen LogP contribution is 2.26. The highest BCUT2D eigenvalue weighted by Gasteiger charge is 2.18. The van der Waals surface area contributed by atoms with Gasteiger partial charge in [-0.15, -0.1) is 0 Å². The lowest BCUT2D eigenvalue weighted by atomic mass is 10.1. The number of carbonyl (C=O) groups is 2. The molecule has 0 fully saturated rings. The second-order valence-electron chi connectivity index (χ2n) is 3.47. The van der Waals surface area contributed by atoms with E-state index in [-0.39, 0.29) is 12.6 Å². The largest absolute Gasteiger partial charge is 0.513 e. The van der Waals surface area contributed by atoms with E-state index in [0.717, 1.165) is 5.56 Å². The molecule has 1 atom stereocenters. The minimum atomic E-state index is -0.754. The number of benzene rings is 1. The summed E-state index contributed by atoms with van der Waals surface area (Å²) in [5.74, 6) is -0.00711. The van der Waals surface area contributed by atoms with E-state index in [4.69, 9.17) is 9.47 Å². The first-order valence-electron chi connectivity index (χ1n) is 5.83. The summed E-state index contributed by atoms with van der Waals surface area (Å²) in [5.41, 5.74) is 0.717. The third kappa shape index (κ3) is 4.90. The van der Waals surface area contributed by atoms with Crippen molar-refractivity contribution >= 4 is 28.1 Å². The van der Waals surface area contributed by atoms with Crippen molar-refractivity contribution in [1.29, 1.82) is 0 Å². The van der Waals surface area contributed by atoms with Gasteiger partial charge in [-0.2, -0.15) is 0 Å². The van der Waals surface area contributed by atoms with Crippen molar-refractivity contribution in [3.63, 3.8) is 0 Å². The topological polar surface area (TPSA) is 61.8 Å². The number of halogens is 1. The molecule has 0 amide bonds. The van der Waals surface area contributed by atoms with Gasteiger partial charge in [0.1, 0.15) is 10.6 Å². The maximum Gasteiger partial charge on any atom is 0.513 e. The van der Waals surface area contributed by atoms with Crippen LogP contribution in [0.5, 0.6) is 5.75 Å². The molecule has 5 nitrogen and oxygen atoms in total. The predicted molar refractivity (Wildman–Crippen MR) is 72.4 cm³/mol. The lowest BCUT2D eigenvalue weighted by Crippen LogP contribution is -2.11. The Hall–Kier alpha value is -1.56. The highest BCUT2D eigenvalue weighted by atomic mass is 79.9. The summed E-state index contributed by atoms with van der Waals surface area (Å²) in [6.45, 7) is 4.02. The zero-order valence-corrected chi connectivity index (χ0v) is 12.3. The first-order chi connectivity index (χ1) is 9.08. The van der Waals surface area contributed by atoms with E-state index in [1.54, 1.807) is 38.1 Å². The van der Waals surface area contributed by atoms with E-state index in [2.05, 4.69) is 20.7 Å². The number of alkyl halides is 1. The second-order valence-corrected chi connectivity index (χ2v) is 4.38. The molecule has 0 aliphatic carbocycles. The Balaban J connectivity index is 2.65. The number of hydrogen-bond acceptors (Lipinski definition) is 5. The first kappa shape index (κ1) is 15.5. The van der Waals surface area contributed by atoms with Gasteiger partial charge >= 0.3 is 12.1 Å². The maximum atomic E-state index is 11.5. The molecule has 0 N–H and O–H groups in total. The lowest BCUT2D eigenvalue weighted by Gasteiger charge is -2.10. The van der Waals surface area contributed by atoms with Crippen molar-refractivity contribution in [1.82, 2.24) is 0 Å². The smallest absolute Gasteiger partial charge is 0.465 e. The van der Waals surface area contributed by atoms with Gasteiger partial charge in [-0.3, -0.25) is 4.79 Å². The molecule has 1 aromatic rings. The van der Waals surface area contributed by atoms with Crippen LogP contribution in [0.1, 0.15) is 24.2 Å². The SMILES string of the molecule is CCOC(=O)Oc1ccc(C(Br)C(=O)OCC)cc1. The normalized spacial score (nSPS) is 11.5. The molecule has 1 unspecified atom stereocenters. The Morgan fingerprint density at radius 2 is 1.68 bits per heavy atom. The fourth-order valence-electron chi connectivity index (χ4n) is 1.30. The molecule has 0 bridgehead atoms. The molecule has 0 aliphatic heterocycles. The first-order valence-corrected chi connectivity index (χ1v) is 6.75. The van der Waals surface area contributed by atoms with Crippen LogP contribution in [-0.2, 0) is 14.3 Å². The third-order valence-corrected chi connectivity index (χ3v) is 3.03. The fraction of sp³-hybridized carbons (Fsp3) is 0.385. The minimum Gasteiger partial charge on any atom is -0.465 e. The summed E-state index contributed by atoms with van der Waals surface area (Å²) in [5, 5.41) is 0. The van der Waals surface area contributed by atoms with Gasteiger partial charge in [-0.25, -0.2) is 4.79 Å². The number of hydrogen-bond donors (Lipinski definition) is 0. The summed E-state index contributed by atoms with van der Waals surface area (Å²) in [6.07, 6.45) is -0.754. The number of carbonyl (C=O) groups excluding carboxylic acids is 2. The fourth-order valence-corrected chi connectivity index (χ4v) is 1.74. The molecule has 0 heterocycles. The number of rotatable bonds is 5. The average Bonchev–Trinajstić information content (AvgIpc) is 2.39. The van der Waals surface area contributed by atoms with Gasteiger partial charge in [0.05, 0.1) is 13.2 Å². The summed E-state index contributed by atoms with van der Waals surface area (Å²) < 4.78 is 14.4. The van der Waals surface area contributed by atoms with Crippen LogP contribution in [0.3, 0.4) is 0 Å². The molecule has 0 aromatic heterocycles. The molecule has 1 rings (SSSR count). The quantitative estimate of drug-likeness (QED) is 0.471. The Kier molecular flexibility index (Phi) is 6.35. The van der Waals surface area contributed by atoms with E-state index in [1.807, 2.05) is 0 Å². The van der Waals surface area contributed by atoms with Crippen molar-refractivity contribution in [2.75, 3.05) is 13.2 Å². The third-order valence-electron chi connectivity index (χ3n) is 2.13. The maximum absolute atomic E-state index is 11.5. The average molecular weight is 331 g/mol. The second kappa shape index (κ2) is 7.78. The predicted octanol–water partition coefficient (Wildman–Crippen LogP) is 3.22. The summed E-state index contributed by atoms with van der Waals surface area (Å²) in [4.78, 5) is 22.1. The van der Waals surface area contributed by atoms with Crippen molar-refractivity contribution in [2.45, 2.75) is 18.7 Å². The van der Waals surface area contributed by atoms with Gasteiger partial charge in [-0.1, -0.05) is 28.1 Å². The van der Waals surface area contributed by atoms with Gasteiger partial charge < -0.3 is 14.2 Å². The number of esters is 1. The van der Waals surface area contributed by atoms with Gasteiger partial charge in [0.2, 0.25) is 0 Å². The minimum absolute atomic E-state index is 0.253. The molecule has 0 aliphatic rings.